The molecule has 224 valence electrons. The van der Waals surface area contributed by atoms with E-state index in [4.69, 9.17) is 14.1 Å². The number of aromatic nitrogens is 7. The Morgan fingerprint density at radius 2 is 1.82 bits per heavy atom. The van der Waals surface area contributed by atoms with E-state index in [0.717, 1.165) is 5.56 Å². The number of aliphatic hydroxyl groups is 1. The molecule has 0 aliphatic carbocycles. The van der Waals surface area contributed by atoms with Crippen LogP contribution in [0.25, 0.3) is 33.9 Å². The Morgan fingerprint density at radius 3 is 2.55 bits per heavy atom. The lowest BCUT2D eigenvalue weighted by molar-refractivity contribution is 0.103. The Morgan fingerprint density at radius 1 is 1.00 bits per heavy atom. The smallest absolute Gasteiger partial charge is 0.278 e. The van der Waals surface area contributed by atoms with Gasteiger partial charge in [-0.05, 0) is 43.7 Å². The summed E-state index contributed by atoms with van der Waals surface area (Å²) in [4.78, 5) is 26.5. The Balaban J connectivity index is 1.39. The normalized spacial score (nSPS) is 12.1. The molecule has 0 aliphatic rings. The predicted molar refractivity (Wildman–Crippen MR) is 165 cm³/mol. The maximum atomic E-state index is 13.0. The van der Waals surface area contributed by atoms with Gasteiger partial charge < -0.3 is 24.9 Å². The first-order chi connectivity index (χ1) is 21.5. The van der Waals surface area contributed by atoms with Crippen LogP contribution in [0.15, 0.2) is 88.5 Å². The van der Waals surface area contributed by atoms with Crippen LogP contribution in [0.1, 0.15) is 31.5 Å². The summed E-state index contributed by atoms with van der Waals surface area (Å²) in [6.45, 7) is 3.90. The van der Waals surface area contributed by atoms with Crippen LogP contribution in [0.4, 0.5) is 17.3 Å². The number of pyridine rings is 3. The molecule has 0 saturated carbocycles. The maximum Gasteiger partial charge on any atom is 0.278 e. The molecule has 3 N–H and O–H groups in total. The molecule has 13 heteroatoms. The molecule has 44 heavy (non-hydrogen) atoms. The van der Waals surface area contributed by atoms with Gasteiger partial charge in [-0.3, -0.25) is 14.5 Å². The number of hydrogen-bond donors (Lipinski definition) is 3. The molecule has 0 amide bonds. The van der Waals surface area contributed by atoms with Gasteiger partial charge >= 0.3 is 0 Å². The molecule has 0 radical (unpaired) electrons. The molecule has 5 aromatic heterocycles. The van der Waals surface area contributed by atoms with Crippen LogP contribution in [0, 0.1) is 0 Å². The number of rotatable bonds is 11. The Bertz CT molecular complexity index is 1940. The lowest BCUT2D eigenvalue weighted by Crippen LogP contribution is -2.25. The molecule has 6 rings (SSSR count). The molecule has 0 fully saturated rings. The summed E-state index contributed by atoms with van der Waals surface area (Å²) in [5.74, 6) is 1.52. The first-order valence-electron chi connectivity index (χ1n) is 14.0. The number of hydrogen-bond acceptors (Lipinski definition) is 11. The molecular formula is C31H31N9O4. The number of ether oxygens (including phenoxy) is 1. The summed E-state index contributed by atoms with van der Waals surface area (Å²) in [5, 5.41) is 25.9. The largest absolute Gasteiger partial charge is 0.416 e. The highest BCUT2D eigenvalue weighted by molar-refractivity contribution is 5.79. The number of fused-ring (bicyclic) bond motifs is 1. The zero-order valence-corrected chi connectivity index (χ0v) is 24.4. The Kier molecular flexibility index (Phi) is 8.12. The van der Waals surface area contributed by atoms with E-state index in [-0.39, 0.29) is 30.8 Å². The van der Waals surface area contributed by atoms with Crippen molar-refractivity contribution < 1.29 is 14.3 Å². The number of methoxy groups -OCH3 is 1. The number of aliphatic hydroxyl groups excluding tert-OH is 1. The van der Waals surface area contributed by atoms with Gasteiger partial charge in [0.05, 0.1) is 34.8 Å². The minimum absolute atomic E-state index is 0.0364. The van der Waals surface area contributed by atoms with E-state index in [1.807, 2.05) is 54.9 Å². The molecule has 6 aromatic rings. The lowest BCUT2D eigenvalue weighted by Gasteiger charge is -2.20. The topological polar surface area (TPSA) is 158 Å². The summed E-state index contributed by atoms with van der Waals surface area (Å²) in [6.07, 6.45) is 4.92. The van der Waals surface area contributed by atoms with Gasteiger partial charge in [-0.2, -0.15) is 0 Å². The van der Waals surface area contributed by atoms with E-state index in [1.165, 1.54) is 4.68 Å². The average molecular weight is 594 g/mol. The van der Waals surface area contributed by atoms with E-state index >= 15 is 0 Å². The van der Waals surface area contributed by atoms with Gasteiger partial charge in [-0.15, -0.1) is 10.2 Å². The Hall–Kier alpha value is -5.40. The van der Waals surface area contributed by atoms with Crippen molar-refractivity contribution in [3.63, 3.8) is 0 Å². The quantitative estimate of drug-likeness (QED) is 0.190. The highest BCUT2D eigenvalue weighted by atomic mass is 16.5. The third-order valence-electron chi connectivity index (χ3n) is 7.00. The van der Waals surface area contributed by atoms with Crippen molar-refractivity contribution in [3.05, 3.63) is 95.2 Å². The van der Waals surface area contributed by atoms with Gasteiger partial charge in [0, 0.05) is 37.8 Å². The summed E-state index contributed by atoms with van der Waals surface area (Å²) in [5.41, 5.74) is 3.07. The fraction of sp³-hybridized carbons (Fsp3) is 0.226. The predicted octanol–water partition coefficient (Wildman–Crippen LogP) is 4.78. The monoisotopic (exact) mass is 593 g/mol. The molecule has 0 aliphatic heterocycles. The molecule has 0 saturated heterocycles. The average Bonchev–Trinajstić information content (AvgIpc) is 3.64. The van der Waals surface area contributed by atoms with Crippen molar-refractivity contribution in [3.8, 4) is 22.9 Å². The van der Waals surface area contributed by atoms with E-state index in [9.17, 15) is 9.90 Å². The molecule has 0 bridgehead atoms. The number of nitrogens with zero attached hydrogens (tertiary/aromatic N) is 7. The molecule has 0 spiro atoms. The number of benzene rings is 1. The highest BCUT2D eigenvalue weighted by Crippen LogP contribution is 2.33. The molecule has 5 heterocycles. The van der Waals surface area contributed by atoms with Gasteiger partial charge in [0.1, 0.15) is 18.4 Å². The summed E-state index contributed by atoms with van der Waals surface area (Å²) in [7, 11) is 1.54. The van der Waals surface area contributed by atoms with E-state index in [2.05, 4.69) is 30.8 Å². The van der Waals surface area contributed by atoms with Crippen molar-refractivity contribution in [2.24, 2.45) is 0 Å². The van der Waals surface area contributed by atoms with Gasteiger partial charge in [0.15, 0.2) is 5.65 Å². The van der Waals surface area contributed by atoms with Gasteiger partial charge in [-0.25, -0.2) is 14.6 Å². The molecule has 1 atom stereocenters. The highest BCUT2D eigenvalue weighted by Gasteiger charge is 2.20. The van der Waals surface area contributed by atoms with Crippen molar-refractivity contribution >= 4 is 28.4 Å². The summed E-state index contributed by atoms with van der Waals surface area (Å²) < 4.78 is 14.6. The van der Waals surface area contributed by atoms with E-state index in [0.29, 0.717) is 45.4 Å². The fourth-order valence-electron chi connectivity index (χ4n) is 4.97. The van der Waals surface area contributed by atoms with E-state index in [1.54, 1.807) is 50.0 Å². The molecule has 1 aromatic carbocycles. The van der Waals surface area contributed by atoms with Crippen LogP contribution >= 0.6 is 0 Å². The number of anilines is 3. The van der Waals surface area contributed by atoms with Crippen LogP contribution in [0.2, 0.25) is 0 Å². The summed E-state index contributed by atoms with van der Waals surface area (Å²) in [6, 6.07) is 18.0. The molecule has 13 nitrogen and oxygen atoms in total. The zero-order valence-electron chi connectivity index (χ0n) is 24.4. The third-order valence-corrected chi connectivity index (χ3v) is 7.00. The van der Waals surface area contributed by atoms with E-state index < -0.39 is 6.04 Å². The maximum absolute atomic E-state index is 13.0. The SMILES string of the molecule is COCn1c(=O)c2ccc(Nc3cc(N[C@H](CO)c4ccccc4)c(-c4nnc(-c5cccnc5)o4)cn3)nc2n1C(C)C. The van der Waals surface area contributed by atoms with Crippen LogP contribution in [-0.4, -0.2) is 53.3 Å². The first kappa shape index (κ1) is 28.7. The van der Waals surface area contributed by atoms with Crippen molar-refractivity contribution in [2.75, 3.05) is 24.4 Å². The summed E-state index contributed by atoms with van der Waals surface area (Å²) >= 11 is 0. The molecular weight excluding hydrogens is 562 g/mol. The van der Waals surface area contributed by atoms with Crippen LogP contribution in [0.3, 0.4) is 0 Å². The minimum Gasteiger partial charge on any atom is -0.416 e. The fourth-order valence-corrected chi connectivity index (χ4v) is 4.97. The second-order valence-corrected chi connectivity index (χ2v) is 10.3. The third kappa shape index (κ3) is 5.65. The molecule has 0 unspecified atom stereocenters. The second kappa shape index (κ2) is 12.5. The number of nitrogens with one attached hydrogen (secondary N) is 2. The van der Waals surface area contributed by atoms with Crippen LogP contribution < -0.4 is 16.2 Å². The standard InChI is InChI=1S/C31H31N9O4/c1-19(2)40-28-22(31(42)39(40)18-43-3)11-12-26(36-28)35-27-14-24(34-25(17-41)20-8-5-4-6-9-20)23(16-33-27)30-38-37-29(44-30)21-10-7-13-32-15-21/h4-16,19,25,41H,17-18H2,1-3H3,(H2,33,34,35,36)/t25-/m1/s1. The van der Waals surface area contributed by atoms with Crippen LogP contribution in [-0.2, 0) is 11.5 Å². The second-order valence-electron chi connectivity index (χ2n) is 10.3. The van der Waals surface area contributed by atoms with Crippen molar-refractivity contribution in [1.29, 1.82) is 0 Å². The van der Waals surface area contributed by atoms with Crippen molar-refractivity contribution in [1.82, 2.24) is 34.5 Å². The van der Waals surface area contributed by atoms with Gasteiger partial charge in [-0.1, -0.05) is 30.3 Å². The van der Waals surface area contributed by atoms with Crippen LogP contribution in [0.5, 0.6) is 0 Å². The van der Waals surface area contributed by atoms with Gasteiger partial charge in [0.25, 0.3) is 11.4 Å². The van der Waals surface area contributed by atoms with Gasteiger partial charge in [0.2, 0.25) is 5.89 Å². The minimum atomic E-state index is -0.429. The van der Waals surface area contributed by atoms with Crippen molar-refractivity contribution in [2.45, 2.75) is 32.7 Å². The lowest BCUT2D eigenvalue weighted by atomic mass is 10.1. The Labute approximate surface area is 252 Å². The zero-order chi connectivity index (χ0) is 30.6. The first-order valence-corrected chi connectivity index (χ1v) is 14.0.